The fraction of sp³-hybridized carbons (Fsp3) is 0.500. The van der Waals surface area contributed by atoms with Crippen LogP contribution in [0.1, 0.15) is 30.0 Å². The summed E-state index contributed by atoms with van der Waals surface area (Å²) in [6.07, 6.45) is 1.46. The summed E-state index contributed by atoms with van der Waals surface area (Å²) in [6.45, 7) is 5.32. The van der Waals surface area contributed by atoms with E-state index < -0.39 is 17.9 Å². The molecule has 0 aromatic carbocycles. The van der Waals surface area contributed by atoms with Crippen LogP contribution < -0.4 is 0 Å². The second kappa shape index (κ2) is 5.03. The maximum Gasteiger partial charge on any atom is 0.326 e. The van der Waals surface area contributed by atoms with E-state index in [1.165, 1.54) is 18.2 Å². The zero-order chi connectivity index (χ0) is 13.2. The molecule has 1 N–H and O–H groups in total. The second-order valence-corrected chi connectivity index (χ2v) is 4.43. The summed E-state index contributed by atoms with van der Waals surface area (Å²) in [5.74, 6) is -1.44. The highest BCUT2D eigenvalue weighted by Gasteiger charge is 2.31. The van der Waals surface area contributed by atoms with Crippen molar-refractivity contribution in [2.24, 2.45) is 5.92 Å². The van der Waals surface area contributed by atoms with Gasteiger partial charge < -0.3 is 14.4 Å². The van der Waals surface area contributed by atoms with Gasteiger partial charge in [-0.1, -0.05) is 13.8 Å². The summed E-state index contributed by atoms with van der Waals surface area (Å²) < 4.78 is 5.07. The quantitative estimate of drug-likeness (QED) is 0.869. The van der Waals surface area contributed by atoms with Gasteiger partial charge in [0.2, 0.25) is 0 Å². The third kappa shape index (κ3) is 2.87. The van der Waals surface area contributed by atoms with Crippen molar-refractivity contribution in [3.63, 3.8) is 0 Å². The minimum atomic E-state index is -1.01. The van der Waals surface area contributed by atoms with Gasteiger partial charge in [0.1, 0.15) is 6.04 Å². The van der Waals surface area contributed by atoms with Gasteiger partial charge in [0.15, 0.2) is 5.76 Å². The molecule has 0 aliphatic rings. The SMILES string of the molecule is Cc1coc(C(=O)N(C)C(C(=O)O)C(C)C)c1. The van der Waals surface area contributed by atoms with Crippen molar-refractivity contribution in [3.05, 3.63) is 23.7 Å². The van der Waals surface area contributed by atoms with Crippen molar-refractivity contribution in [1.82, 2.24) is 4.90 Å². The average Bonchev–Trinajstić information content (AvgIpc) is 2.62. The topological polar surface area (TPSA) is 70.8 Å². The lowest BCUT2D eigenvalue weighted by Crippen LogP contribution is -2.45. The fourth-order valence-corrected chi connectivity index (χ4v) is 1.74. The van der Waals surface area contributed by atoms with Gasteiger partial charge in [0.25, 0.3) is 5.91 Å². The first-order chi connectivity index (χ1) is 7.84. The normalized spacial score (nSPS) is 12.5. The summed E-state index contributed by atoms with van der Waals surface area (Å²) in [6, 6.07) is 0.742. The summed E-state index contributed by atoms with van der Waals surface area (Å²) in [4.78, 5) is 24.3. The van der Waals surface area contributed by atoms with Crippen LogP contribution in [0.25, 0.3) is 0 Å². The molecular formula is C12H17NO4. The molecule has 5 heteroatoms. The van der Waals surface area contributed by atoms with Gasteiger partial charge in [-0.25, -0.2) is 4.79 Å². The van der Waals surface area contributed by atoms with Crippen molar-refractivity contribution in [2.75, 3.05) is 7.05 Å². The Labute approximate surface area is 100 Å². The number of carboxylic acids is 1. The molecule has 0 saturated carbocycles. The first kappa shape index (κ1) is 13.3. The minimum Gasteiger partial charge on any atom is -0.480 e. The number of furan rings is 1. The number of aryl methyl sites for hydroxylation is 1. The summed E-state index contributed by atoms with van der Waals surface area (Å²) in [5, 5.41) is 9.09. The molecular weight excluding hydrogens is 222 g/mol. The van der Waals surface area contributed by atoms with Crippen LogP contribution in [0.3, 0.4) is 0 Å². The van der Waals surface area contributed by atoms with Crippen LogP contribution in [-0.4, -0.2) is 35.0 Å². The molecule has 1 rings (SSSR count). The number of carboxylic acid groups (broad SMARTS) is 1. The maximum atomic E-state index is 12.0. The average molecular weight is 239 g/mol. The van der Waals surface area contributed by atoms with Crippen LogP contribution in [0.4, 0.5) is 0 Å². The molecule has 0 spiro atoms. The van der Waals surface area contributed by atoms with Gasteiger partial charge >= 0.3 is 5.97 Å². The van der Waals surface area contributed by atoms with E-state index in [-0.39, 0.29) is 11.7 Å². The Morgan fingerprint density at radius 3 is 2.35 bits per heavy atom. The van der Waals surface area contributed by atoms with E-state index in [2.05, 4.69) is 0 Å². The summed E-state index contributed by atoms with van der Waals surface area (Å²) in [7, 11) is 1.47. The number of hydrogen-bond donors (Lipinski definition) is 1. The fourth-order valence-electron chi connectivity index (χ4n) is 1.74. The first-order valence-electron chi connectivity index (χ1n) is 5.39. The van der Waals surface area contributed by atoms with Crippen LogP contribution in [0.15, 0.2) is 16.7 Å². The predicted molar refractivity (Wildman–Crippen MR) is 61.8 cm³/mol. The van der Waals surface area contributed by atoms with E-state index >= 15 is 0 Å². The van der Waals surface area contributed by atoms with E-state index in [9.17, 15) is 9.59 Å². The van der Waals surface area contributed by atoms with E-state index in [0.29, 0.717) is 0 Å². The van der Waals surface area contributed by atoms with Crippen LogP contribution in [0.5, 0.6) is 0 Å². The number of likely N-dealkylation sites (N-methyl/N-ethyl adjacent to an activating group) is 1. The highest BCUT2D eigenvalue weighted by atomic mass is 16.4. The molecule has 5 nitrogen and oxygen atoms in total. The molecule has 1 aromatic heterocycles. The first-order valence-corrected chi connectivity index (χ1v) is 5.39. The highest BCUT2D eigenvalue weighted by molar-refractivity contribution is 5.94. The molecule has 1 amide bonds. The zero-order valence-electron chi connectivity index (χ0n) is 10.4. The molecule has 94 valence electrons. The van der Waals surface area contributed by atoms with Crippen molar-refractivity contribution < 1.29 is 19.1 Å². The number of rotatable bonds is 4. The molecule has 1 atom stereocenters. The number of hydrogen-bond acceptors (Lipinski definition) is 3. The number of carbonyl (C=O) groups is 2. The number of amides is 1. The third-order valence-electron chi connectivity index (χ3n) is 2.56. The van der Waals surface area contributed by atoms with Crippen molar-refractivity contribution in [1.29, 1.82) is 0 Å². The van der Waals surface area contributed by atoms with Crippen molar-refractivity contribution >= 4 is 11.9 Å². The molecule has 0 aliphatic carbocycles. The Balaban J connectivity index is 2.91. The molecule has 0 bridgehead atoms. The van der Waals surface area contributed by atoms with Gasteiger partial charge in [-0.3, -0.25) is 4.79 Å². The lowest BCUT2D eigenvalue weighted by atomic mass is 10.0. The Morgan fingerprint density at radius 1 is 1.41 bits per heavy atom. The maximum absolute atomic E-state index is 12.0. The molecule has 0 radical (unpaired) electrons. The van der Waals surface area contributed by atoms with E-state index in [1.54, 1.807) is 26.8 Å². The van der Waals surface area contributed by atoms with Gasteiger partial charge in [0, 0.05) is 7.05 Å². The lowest BCUT2D eigenvalue weighted by molar-refractivity contribution is -0.143. The van der Waals surface area contributed by atoms with E-state index in [1.807, 2.05) is 0 Å². The molecule has 1 aromatic rings. The van der Waals surface area contributed by atoms with Crippen molar-refractivity contribution in [3.8, 4) is 0 Å². The Hall–Kier alpha value is -1.78. The van der Waals surface area contributed by atoms with Crippen molar-refractivity contribution in [2.45, 2.75) is 26.8 Å². The van der Waals surface area contributed by atoms with Crippen LogP contribution in [-0.2, 0) is 4.79 Å². The van der Waals surface area contributed by atoms with Gasteiger partial charge in [-0.2, -0.15) is 0 Å². The largest absolute Gasteiger partial charge is 0.480 e. The second-order valence-electron chi connectivity index (χ2n) is 4.43. The smallest absolute Gasteiger partial charge is 0.326 e. The Morgan fingerprint density at radius 2 is 2.00 bits per heavy atom. The molecule has 0 aliphatic heterocycles. The highest BCUT2D eigenvalue weighted by Crippen LogP contribution is 2.15. The molecule has 1 unspecified atom stereocenters. The molecule has 1 heterocycles. The molecule has 17 heavy (non-hydrogen) atoms. The van der Waals surface area contributed by atoms with Gasteiger partial charge in [-0.05, 0) is 24.5 Å². The zero-order valence-corrected chi connectivity index (χ0v) is 10.4. The molecule has 0 saturated heterocycles. The predicted octanol–water partition coefficient (Wildman–Crippen LogP) is 1.77. The number of nitrogens with zero attached hydrogens (tertiary/aromatic N) is 1. The van der Waals surface area contributed by atoms with E-state index in [0.717, 1.165) is 5.56 Å². The summed E-state index contributed by atoms with van der Waals surface area (Å²) in [5.41, 5.74) is 0.832. The monoisotopic (exact) mass is 239 g/mol. The minimum absolute atomic E-state index is 0.164. The number of carbonyl (C=O) groups excluding carboxylic acids is 1. The standard InChI is InChI=1S/C12H17NO4/c1-7(2)10(12(15)16)13(4)11(14)9-5-8(3)6-17-9/h5-7,10H,1-4H3,(H,15,16). The van der Waals surface area contributed by atoms with E-state index in [4.69, 9.17) is 9.52 Å². The van der Waals surface area contributed by atoms with Gasteiger partial charge in [0.05, 0.1) is 6.26 Å². The van der Waals surface area contributed by atoms with Crippen LogP contribution in [0, 0.1) is 12.8 Å². The Kier molecular flexibility index (Phi) is 3.93. The third-order valence-corrected chi connectivity index (χ3v) is 2.56. The number of aliphatic carboxylic acids is 1. The van der Waals surface area contributed by atoms with Crippen LogP contribution in [0.2, 0.25) is 0 Å². The summed E-state index contributed by atoms with van der Waals surface area (Å²) >= 11 is 0. The van der Waals surface area contributed by atoms with Crippen LogP contribution >= 0.6 is 0 Å². The van der Waals surface area contributed by atoms with Gasteiger partial charge in [-0.15, -0.1) is 0 Å². The lowest BCUT2D eigenvalue weighted by Gasteiger charge is -2.26. The Bertz CT molecular complexity index is 422. The molecule has 0 fully saturated rings.